The van der Waals surface area contributed by atoms with Crippen LogP contribution in [0.5, 0.6) is 0 Å². The van der Waals surface area contributed by atoms with Gasteiger partial charge in [-0.3, -0.25) is 4.79 Å². The van der Waals surface area contributed by atoms with Gasteiger partial charge in [0.15, 0.2) is 5.13 Å². The quantitative estimate of drug-likeness (QED) is 0.705. The molecule has 1 fully saturated rings. The van der Waals surface area contributed by atoms with Crippen molar-refractivity contribution in [3.8, 4) is 0 Å². The van der Waals surface area contributed by atoms with Gasteiger partial charge >= 0.3 is 5.97 Å². The number of amides is 1. The normalized spacial score (nSPS) is 20.2. The molecule has 7 nitrogen and oxygen atoms in total. The fourth-order valence-electron chi connectivity index (χ4n) is 2.72. The molecule has 1 amide bonds. The Labute approximate surface area is 162 Å². The first-order valence-electron chi connectivity index (χ1n) is 7.70. The molecule has 1 aliphatic rings. The Hall–Kier alpha value is -1.84. The fraction of sp³-hybridized carbons (Fsp3) is 0.400. The third-order valence-electron chi connectivity index (χ3n) is 4.11. The van der Waals surface area contributed by atoms with Crippen molar-refractivity contribution in [2.45, 2.75) is 25.6 Å². The number of carboxylic acid groups (broad SMARTS) is 1. The summed E-state index contributed by atoms with van der Waals surface area (Å²) in [5, 5.41) is 12.4. The van der Waals surface area contributed by atoms with Crippen LogP contribution in [0.3, 0.4) is 0 Å². The summed E-state index contributed by atoms with van der Waals surface area (Å²) in [6.45, 7) is 2.13. The number of carbonyl (C=O) groups excluding carboxylic acids is 1. The Kier molecular flexibility index (Phi) is 5.40. The number of anilines is 1. The van der Waals surface area contributed by atoms with E-state index in [1.165, 1.54) is 6.20 Å². The van der Waals surface area contributed by atoms with Gasteiger partial charge in [0.25, 0.3) is 5.91 Å². The van der Waals surface area contributed by atoms with E-state index in [1.807, 2.05) is 0 Å². The Morgan fingerprint density at radius 1 is 1.46 bits per heavy atom. The number of aromatic nitrogens is 2. The van der Waals surface area contributed by atoms with E-state index < -0.39 is 24.1 Å². The van der Waals surface area contributed by atoms with Crippen LogP contribution in [0.2, 0.25) is 10.0 Å². The van der Waals surface area contributed by atoms with Crippen molar-refractivity contribution in [2.75, 3.05) is 18.0 Å². The molecule has 2 unspecified atom stereocenters. The second kappa shape index (κ2) is 7.42. The van der Waals surface area contributed by atoms with Gasteiger partial charge in [-0.15, -0.1) is 0 Å². The molecule has 11 heteroatoms. The number of aromatic amines is 1. The van der Waals surface area contributed by atoms with E-state index in [4.69, 9.17) is 28.3 Å². The molecular weight excluding hydrogens is 406 g/mol. The van der Waals surface area contributed by atoms with E-state index in [-0.39, 0.29) is 27.2 Å². The third-order valence-corrected chi connectivity index (χ3v) is 6.11. The molecule has 26 heavy (non-hydrogen) atoms. The molecule has 0 bridgehead atoms. The van der Waals surface area contributed by atoms with Crippen molar-refractivity contribution in [3.05, 3.63) is 32.5 Å². The van der Waals surface area contributed by atoms with Gasteiger partial charge in [-0.2, -0.15) is 0 Å². The Bertz CT molecular complexity index is 856. The Balaban J connectivity index is 1.64. The van der Waals surface area contributed by atoms with Crippen LogP contribution in [0.15, 0.2) is 6.20 Å². The molecule has 3 N–H and O–H groups in total. The van der Waals surface area contributed by atoms with E-state index in [2.05, 4.69) is 15.3 Å². The largest absolute Gasteiger partial charge is 0.477 e. The number of piperidine rings is 1. The minimum atomic E-state index is -1.34. The summed E-state index contributed by atoms with van der Waals surface area (Å²) in [7, 11) is 0. The smallest absolute Gasteiger partial charge is 0.347 e. The summed E-state index contributed by atoms with van der Waals surface area (Å²) in [6.07, 6.45) is 0.262. The molecular formula is C15H15Cl2FN4O3S. The SMILES string of the molecule is Cc1[nH]c(C(=O)NC2CCN(c3ncc(C(=O)O)s3)CC2F)c(Cl)c1Cl. The van der Waals surface area contributed by atoms with Crippen molar-refractivity contribution < 1.29 is 19.1 Å². The second-order valence-electron chi connectivity index (χ2n) is 5.90. The van der Waals surface area contributed by atoms with E-state index in [0.717, 1.165) is 11.3 Å². The summed E-state index contributed by atoms with van der Waals surface area (Å²) in [5.41, 5.74) is 0.668. The molecule has 0 aliphatic carbocycles. The first-order chi connectivity index (χ1) is 12.3. The zero-order valence-corrected chi connectivity index (χ0v) is 15.9. The maximum Gasteiger partial charge on any atom is 0.347 e. The highest BCUT2D eigenvalue weighted by Crippen LogP contribution is 2.30. The summed E-state index contributed by atoms with van der Waals surface area (Å²) in [4.78, 5) is 31.9. The van der Waals surface area contributed by atoms with Crippen LogP contribution in [0, 0.1) is 6.92 Å². The Morgan fingerprint density at radius 2 is 2.19 bits per heavy atom. The van der Waals surface area contributed by atoms with Gasteiger partial charge in [-0.25, -0.2) is 14.2 Å². The lowest BCUT2D eigenvalue weighted by molar-refractivity contribution is 0.0701. The second-order valence-corrected chi connectivity index (χ2v) is 7.66. The van der Waals surface area contributed by atoms with Gasteiger partial charge in [0.2, 0.25) is 0 Å². The number of hydrogen-bond acceptors (Lipinski definition) is 5. The number of aromatic carboxylic acids is 1. The molecule has 1 saturated heterocycles. The summed E-state index contributed by atoms with van der Waals surface area (Å²) in [6, 6.07) is -0.684. The molecule has 0 spiro atoms. The highest BCUT2D eigenvalue weighted by molar-refractivity contribution is 7.17. The van der Waals surface area contributed by atoms with E-state index >= 15 is 0 Å². The molecule has 2 aromatic rings. The van der Waals surface area contributed by atoms with Gasteiger partial charge in [0, 0.05) is 12.2 Å². The van der Waals surface area contributed by atoms with Crippen LogP contribution in [0.4, 0.5) is 9.52 Å². The number of aryl methyl sites for hydroxylation is 1. The number of hydrogen-bond donors (Lipinski definition) is 3. The zero-order chi connectivity index (χ0) is 19.0. The number of nitrogens with zero attached hydrogens (tertiary/aromatic N) is 2. The average molecular weight is 421 g/mol. The molecule has 3 heterocycles. The van der Waals surface area contributed by atoms with Crippen LogP contribution in [0.25, 0.3) is 0 Å². The van der Waals surface area contributed by atoms with Crippen molar-refractivity contribution in [1.82, 2.24) is 15.3 Å². The van der Waals surface area contributed by atoms with Crippen LogP contribution in [0.1, 0.15) is 32.3 Å². The van der Waals surface area contributed by atoms with Crippen molar-refractivity contribution >= 4 is 51.5 Å². The first kappa shape index (κ1) is 18.9. The molecule has 0 radical (unpaired) electrons. The maximum absolute atomic E-state index is 14.5. The van der Waals surface area contributed by atoms with Crippen LogP contribution in [-0.4, -0.2) is 52.3 Å². The monoisotopic (exact) mass is 420 g/mol. The molecule has 140 valence electrons. The minimum Gasteiger partial charge on any atom is -0.477 e. The van der Waals surface area contributed by atoms with Crippen molar-refractivity contribution in [2.24, 2.45) is 0 Å². The number of thiazole rings is 1. The van der Waals surface area contributed by atoms with Gasteiger partial charge in [0.1, 0.15) is 16.7 Å². The number of carboxylic acids is 1. The summed E-state index contributed by atoms with van der Waals surface area (Å²) < 4.78 is 14.5. The molecule has 0 aromatic carbocycles. The fourth-order valence-corrected chi connectivity index (χ4v) is 3.93. The van der Waals surface area contributed by atoms with Gasteiger partial charge in [-0.1, -0.05) is 34.5 Å². The predicted octanol–water partition coefficient (Wildman–Crippen LogP) is 3.13. The molecule has 0 saturated carbocycles. The van der Waals surface area contributed by atoms with E-state index in [9.17, 15) is 14.0 Å². The summed E-state index contributed by atoms with van der Waals surface area (Å²) in [5.74, 6) is -1.59. The molecule has 2 atom stereocenters. The number of rotatable bonds is 4. The third kappa shape index (κ3) is 3.65. The topological polar surface area (TPSA) is 98.3 Å². The number of H-pyrrole nitrogens is 1. The maximum atomic E-state index is 14.5. The lowest BCUT2D eigenvalue weighted by Gasteiger charge is -2.34. The standard InChI is InChI=1S/C15H15Cl2FN4O3S/c1-6-10(16)11(17)12(20-6)13(23)21-8-2-3-22(5-7(8)18)15-19-4-9(26-15)14(24)25/h4,7-8,20H,2-3,5H2,1H3,(H,21,23)(H,24,25). The molecule has 1 aliphatic heterocycles. The molecule has 2 aromatic heterocycles. The molecule has 3 rings (SSSR count). The number of alkyl halides is 1. The van der Waals surface area contributed by atoms with Crippen LogP contribution in [-0.2, 0) is 0 Å². The van der Waals surface area contributed by atoms with E-state index in [1.54, 1.807) is 11.8 Å². The number of halogens is 3. The first-order valence-corrected chi connectivity index (χ1v) is 9.27. The van der Waals surface area contributed by atoms with Gasteiger partial charge in [0.05, 0.1) is 28.8 Å². The minimum absolute atomic E-state index is 0.00968. The lowest BCUT2D eigenvalue weighted by Crippen LogP contribution is -2.52. The lowest BCUT2D eigenvalue weighted by atomic mass is 10.0. The highest BCUT2D eigenvalue weighted by Gasteiger charge is 2.33. The van der Waals surface area contributed by atoms with Crippen molar-refractivity contribution in [1.29, 1.82) is 0 Å². The van der Waals surface area contributed by atoms with Gasteiger partial charge in [-0.05, 0) is 13.3 Å². The number of carbonyl (C=O) groups is 2. The van der Waals surface area contributed by atoms with Gasteiger partial charge < -0.3 is 20.3 Å². The zero-order valence-electron chi connectivity index (χ0n) is 13.6. The van der Waals surface area contributed by atoms with Crippen LogP contribution < -0.4 is 10.2 Å². The average Bonchev–Trinajstić information content (AvgIpc) is 3.18. The van der Waals surface area contributed by atoms with Crippen LogP contribution >= 0.6 is 34.5 Å². The number of nitrogens with one attached hydrogen (secondary N) is 2. The van der Waals surface area contributed by atoms with E-state index in [0.29, 0.717) is 23.8 Å². The summed E-state index contributed by atoms with van der Waals surface area (Å²) >= 11 is 13.0. The predicted molar refractivity (Wildman–Crippen MR) is 97.6 cm³/mol. The van der Waals surface area contributed by atoms with Crippen molar-refractivity contribution in [3.63, 3.8) is 0 Å². The highest BCUT2D eigenvalue weighted by atomic mass is 35.5. The Morgan fingerprint density at radius 3 is 2.73 bits per heavy atom.